The van der Waals surface area contributed by atoms with Gasteiger partial charge in [-0.2, -0.15) is 0 Å². The van der Waals surface area contributed by atoms with E-state index in [4.69, 9.17) is 4.42 Å². The van der Waals surface area contributed by atoms with E-state index < -0.39 is 0 Å². The molecule has 6 nitrogen and oxygen atoms in total. The molecule has 0 unspecified atom stereocenters. The normalized spacial score (nSPS) is 15.9. The van der Waals surface area contributed by atoms with Gasteiger partial charge in [-0.15, -0.1) is 0 Å². The summed E-state index contributed by atoms with van der Waals surface area (Å²) in [7, 11) is 3.50. The van der Waals surface area contributed by atoms with Crippen molar-refractivity contribution in [3.63, 3.8) is 0 Å². The number of carbonyl (C=O) groups excluding carboxylic acids is 1. The zero-order valence-electron chi connectivity index (χ0n) is 16.7. The maximum Gasteiger partial charge on any atom is 0.243 e. The highest BCUT2D eigenvalue weighted by atomic mass is 16.3. The molecule has 1 aliphatic rings. The molecule has 0 bridgehead atoms. The molecule has 0 aliphatic heterocycles. The van der Waals surface area contributed by atoms with E-state index in [0.717, 1.165) is 24.6 Å². The van der Waals surface area contributed by atoms with Gasteiger partial charge in [-0.1, -0.05) is 26.7 Å². The first kappa shape index (κ1) is 20.3. The molecular weight excluding hydrogens is 328 g/mol. The van der Waals surface area contributed by atoms with E-state index in [1.54, 1.807) is 25.3 Å². The Labute approximate surface area is 157 Å². The van der Waals surface area contributed by atoms with Crippen LogP contribution in [0.4, 0.5) is 0 Å². The van der Waals surface area contributed by atoms with Crippen LogP contribution in [0.5, 0.6) is 0 Å². The Morgan fingerprint density at radius 2 is 2.04 bits per heavy atom. The summed E-state index contributed by atoms with van der Waals surface area (Å²) in [4.78, 5) is 17.9. The Bertz CT molecular complexity index is 573. The van der Waals surface area contributed by atoms with E-state index in [-0.39, 0.29) is 17.9 Å². The third-order valence-corrected chi connectivity index (χ3v) is 5.29. The van der Waals surface area contributed by atoms with Crippen molar-refractivity contribution in [3.8, 4) is 0 Å². The van der Waals surface area contributed by atoms with Crippen LogP contribution in [0, 0.1) is 11.3 Å². The fraction of sp³-hybridized carbons (Fsp3) is 0.700. The first-order chi connectivity index (χ1) is 12.4. The fourth-order valence-corrected chi connectivity index (χ4v) is 3.38. The Hall–Kier alpha value is -1.98. The SMILES string of the molecule is CN(C)C(=O)CN=C(NCCc1ccco1)NCC(C)(C)C1CCCC1. The maximum absolute atomic E-state index is 11.9. The monoisotopic (exact) mass is 362 g/mol. The second-order valence-electron chi connectivity index (χ2n) is 8.03. The third-order valence-electron chi connectivity index (χ3n) is 5.29. The van der Waals surface area contributed by atoms with Crippen molar-refractivity contribution in [1.82, 2.24) is 15.5 Å². The van der Waals surface area contributed by atoms with Crippen molar-refractivity contribution in [3.05, 3.63) is 24.2 Å². The van der Waals surface area contributed by atoms with Crippen LogP contribution in [0.15, 0.2) is 27.8 Å². The summed E-state index contributed by atoms with van der Waals surface area (Å²) < 4.78 is 5.37. The van der Waals surface area contributed by atoms with Crippen molar-refractivity contribution < 1.29 is 9.21 Å². The quantitative estimate of drug-likeness (QED) is 0.551. The molecule has 1 aromatic heterocycles. The van der Waals surface area contributed by atoms with Crippen LogP contribution in [0.2, 0.25) is 0 Å². The second-order valence-corrected chi connectivity index (χ2v) is 8.03. The first-order valence-corrected chi connectivity index (χ1v) is 9.63. The standard InChI is InChI=1S/C20H34N4O2/c1-20(2,16-8-5-6-9-16)15-23-19(22-14-18(25)24(3)4)21-12-11-17-10-7-13-26-17/h7,10,13,16H,5-6,8-9,11-12,14-15H2,1-4H3,(H2,21,22,23). The van der Waals surface area contributed by atoms with Gasteiger partial charge in [0.05, 0.1) is 6.26 Å². The number of hydrogen-bond acceptors (Lipinski definition) is 3. The zero-order valence-corrected chi connectivity index (χ0v) is 16.7. The average Bonchev–Trinajstić information content (AvgIpc) is 3.30. The minimum Gasteiger partial charge on any atom is -0.469 e. The Balaban J connectivity index is 1.90. The summed E-state index contributed by atoms with van der Waals surface area (Å²) in [5.41, 5.74) is 0.214. The van der Waals surface area contributed by atoms with Gasteiger partial charge in [0.25, 0.3) is 0 Å². The largest absolute Gasteiger partial charge is 0.469 e. The topological polar surface area (TPSA) is 69.9 Å². The van der Waals surface area contributed by atoms with Crippen LogP contribution >= 0.6 is 0 Å². The van der Waals surface area contributed by atoms with Gasteiger partial charge in [0, 0.05) is 33.6 Å². The molecule has 1 amide bonds. The molecule has 146 valence electrons. The van der Waals surface area contributed by atoms with Crippen molar-refractivity contribution >= 4 is 11.9 Å². The summed E-state index contributed by atoms with van der Waals surface area (Å²) in [6, 6.07) is 3.85. The lowest BCUT2D eigenvalue weighted by Crippen LogP contribution is -2.45. The molecule has 0 saturated heterocycles. The van der Waals surface area contributed by atoms with Gasteiger partial charge in [0.1, 0.15) is 12.3 Å². The molecule has 2 N–H and O–H groups in total. The zero-order chi connectivity index (χ0) is 19.0. The van der Waals surface area contributed by atoms with E-state index in [0.29, 0.717) is 12.5 Å². The Morgan fingerprint density at radius 3 is 2.65 bits per heavy atom. The average molecular weight is 363 g/mol. The first-order valence-electron chi connectivity index (χ1n) is 9.63. The molecule has 0 spiro atoms. The molecule has 1 aliphatic carbocycles. The minimum atomic E-state index is -0.00723. The lowest BCUT2D eigenvalue weighted by Gasteiger charge is -2.32. The van der Waals surface area contributed by atoms with Gasteiger partial charge in [0.15, 0.2) is 5.96 Å². The van der Waals surface area contributed by atoms with E-state index >= 15 is 0 Å². The van der Waals surface area contributed by atoms with E-state index in [1.165, 1.54) is 25.7 Å². The van der Waals surface area contributed by atoms with Crippen LogP contribution < -0.4 is 10.6 Å². The fourth-order valence-electron chi connectivity index (χ4n) is 3.38. The van der Waals surface area contributed by atoms with Gasteiger partial charge in [-0.3, -0.25) is 4.79 Å². The smallest absolute Gasteiger partial charge is 0.243 e. The molecule has 1 heterocycles. The number of guanidine groups is 1. The number of nitrogens with one attached hydrogen (secondary N) is 2. The molecule has 1 saturated carbocycles. The number of furan rings is 1. The summed E-state index contributed by atoms with van der Waals surface area (Å²) in [6.07, 6.45) is 7.77. The molecule has 0 aromatic carbocycles. The van der Waals surface area contributed by atoms with Gasteiger partial charge in [-0.25, -0.2) is 4.99 Å². The van der Waals surface area contributed by atoms with Crippen LogP contribution in [-0.2, 0) is 11.2 Å². The number of amides is 1. The van der Waals surface area contributed by atoms with Crippen molar-refractivity contribution in [2.75, 3.05) is 33.7 Å². The summed E-state index contributed by atoms with van der Waals surface area (Å²) >= 11 is 0. The minimum absolute atomic E-state index is 0.00723. The molecule has 1 fully saturated rings. The highest BCUT2D eigenvalue weighted by Gasteiger charge is 2.31. The molecular formula is C20H34N4O2. The van der Waals surface area contributed by atoms with Crippen molar-refractivity contribution in [1.29, 1.82) is 0 Å². The second kappa shape index (κ2) is 9.64. The highest BCUT2D eigenvalue weighted by Crippen LogP contribution is 2.38. The molecule has 0 atom stereocenters. The van der Waals surface area contributed by atoms with Gasteiger partial charge < -0.3 is 20.0 Å². The van der Waals surface area contributed by atoms with E-state index in [1.807, 2.05) is 12.1 Å². The highest BCUT2D eigenvalue weighted by molar-refractivity contribution is 5.84. The van der Waals surface area contributed by atoms with Crippen LogP contribution in [0.1, 0.15) is 45.3 Å². The molecule has 26 heavy (non-hydrogen) atoms. The molecule has 1 aromatic rings. The van der Waals surface area contributed by atoms with Crippen LogP contribution in [0.3, 0.4) is 0 Å². The van der Waals surface area contributed by atoms with Gasteiger partial charge >= 0.3 is 0 Å². The lowest BCUT2D eigenvalue weighted by atomic mass is 9.78. The molecule has 2 rings (SSSR count). The summed E-state index contributed by atoms with van der Waals surface area (Å²) in [6.45, 7) is 6.34. The number of aliphatic imine (C=N–C) groups is 1. The molecule has 6 heteroatoms. The van der Waals surface area contributed by atoms with Gasteiger partial charge in [0.2, 0.25) is 5.91 Å². The number of rotatable bonds is 8. The summed E-state index contributed by atoms with van der Waals surface area (Å²) in [5.74, 6) is 2.38. The predicted octanol–water partition coefficient (Wildman–Crippen LogP) is 2.66. The van der Waals surface area contributed by atoms with Crippen LogP contribution in [-0.4, -0.2) is 50.5 Å². The van der Waals surface area contributed by atoms with Gasteiger partial charge in [-0.05, 0) is 36.3 Å². The summed E-state index contributed by atoms with van der Waals surface area (Å²) in [5, 5.41) is 6.77. The number of likely N-dealkylation sites (N-methyl/N-ethyl adjacent to an activating group) is 1. The van der Waals surface area contributed by atoms with Crippen LogP contribution in [0.25, 0.3) is 0 Å². The Kier molecular flexibility index (Phi) is 7.54. The van der Waals surface area contributed by atoms with Crippen molar-refractivity contribution in [2.45, 2.75) is 46.0 Å². The number of carbonyl (C=O) groups is 1. The van der Waals surface area contributed by atoms with Crippen molar-refractivity contribution in [2.24, 2.45) is 16.3 Å². The van der Waals surface area contributed by atoms with E-state index in [2.05, 4.69) is 29.5 Å². The maximum atomic E-state index is 11.9. The van der Waals surface area contributed by atoms with E-state index in [9.17, 15) is 4.79 Å². The molecule has 0 radical (unpaired) electrons. The number of hydrogen-bond donors (Lipinski definition) is 2. The third kappa shape index (κ3) is 6.39. The Morgan fingerprint density at radius 1 is 1.31 bits per heavy atom. The lowest BCUT2D eigenvalue weighted by molar-refractivity contribution is -0.127. The number of nitrogens with zero attached hydrogens (tertiary/aromatic N) is 2. The predicted molar refractivity (Wildman–Crippen MR) is 105 cm³/mol.